The monoisotopic (exact) mass is 441 g/mol. The highest BCUT2D eigenvalue weighted by Gasteiger charge is 2.27. The summed E-state index contributed by atoms with van der Waals surface area (Å²) in [5.74, 6) is -6.67. The van der Waals surface area contributed by atoms with E-state index >= 15 is 0 Å². The molecule has 0 bridgehead atoms. The Labute approximate surface area is 174 Å². The molecule has 3 atom stereocenters. The van der Waals surface area contributed by atoms with Crippen LogP contribution in [-0.2, 0) is 35.2 Å². The van der Waals surface area contributed by atoms with E-state index in [1.54, 1.807) is 0 Å². The van der Waals surface area contributed by atoms with Gasteiger partial charge in [0.25, 0.3) is 0 Å². The molecule has 0 radical (unpaired) electrons. The molecule has 0 aliphatic heterocycles. The maximum atomic E-state index is 12.3. The molecule has 0 aliphatic carbocycles. The largest absolute Gasteiger partial charge is 0.481 e. The van der Waals surface area contributed by atoms with Crippen molar-refractivity contribution in [3.8, 4) is 0 Å². The summed E-state index contributed by atoms with van der Waals surface area (Å²) in [4.78, 5) is 75.6. The van der Waals surface area contributed by atoms with Gasteiger partial charge in [-0.2, -0.15) is 0 Å². The second-order valence-corrected chi connectivity index (χ2v) is 6.39. The van der Waals surface area contributed by atoms with E-state index in [1.807, 2.05) is 5.32 Å². The highest BCUT2D eigenvalue weighted by Crippen LogP contribution is 1.99. The first-order valence-corrected chi connectivity index (χ1v) is 8.82. The second kappa shape index (κ2) is 11.9. The lowest BCUT2D eigenvalue weighted by Gasteiger charge is -2.20. The molecule has 1 aromatic heterocycles. The summed E-state index contributed by atoms with van der Waals surface area (Å²) in [6.07, 6.45) is 1.45. The summed E-state index contributed by atoms with van der Waals surface area (Å²) in [5, 5.41) is 23.8. The number of nitrogens with one attached hydrogen (secondary N) is 4. The molecule has 0 saturated carbocycles. The standard InChI is InChI=1S/C16H23N7O8/c17-8(1-7-4-19-6-21-7)14(28)23-9(2-11(18)24)15(29)20-5-12(25)22-10(16(30)31)3-13(26)27/h4,6,8-10H,1-3,5,17H2,(H2,18,24)(H,19,21)(H,20,29)(H,22,25)(H,23,28)(H,26,27)(H,30,31). The lowest BCUT2D eigenvalue weighted by Crippen LogP contribution is -2.54. The third kappa shape index (κ3) is 9.35. The zero-order valence-electron chi connectivity index (χ0n) is 16.2. The maximum Gasteiger partial charge on any atom is 0.326 e. The van der Waals surface area contributed by atoms with Gasteiger partial charge in [-0.05, 0) is 0 Å². The van der Waals surface area contributed by atoms with E-state index in [4.69, 9.17) is 21.7 Å². The Balaban J connectivity index is 2.65. The Morgan fingerprint density at radius 3 is 2.23 bits per heavy atom. The molecule has 0 saturated heterocycles. The highest BCUT2D eigenvalue weighted by molar-refractivity contribution is 5.95. The predicted octanol–water partition coefficient (Wildman–Crippen LogP) is -4.20. The summed E-state index contributed by atoms with van der Waals surface area (Å²) >= 11 is 0. The van der Waals surface area contributed by atoms with Crippen molar-refractivity contribution in [1.29, 1.82) is 0 Å². The average molecular weight is 441 g/mol. The van der Waals surface area contributed by atoms with Gasteiger partial charge in [0.15, 0.2) is 0 Å². The van der Waals surface area contributed by atoms with Crippen LogP contribution in [0.5, 0.6) is 0 Å². The molecule has 0 spiro atoms. The van der Waals surface area contributed by atoms with Gasteiger partial charge in [0.1, 0.15) is 12.1 Å². The number of aromatic nitrogens is 2. The number of amides is 4. The Kier molecular flexibility index (Phi) is 9.58. The van der Waals surface area contributed by atoms with Crippen molar-refractivity contribution in [3.63, 3.8) is 0 Å². The van der Waals surface area contributed by atoms with Crippen molar-refractivity contribution in [2.45, 2.75) is 37.4 Å². The first-order chi connectivity index (χ1) is 14.5. The number of carboxylic acids is 2. The Morgan fingerprint density at radius 2 is 1.71 bits per heavy atom. The number of H-pyrrole nitrogens is 1. The van der Waals surface area contributed by atoms with Crippen LogP contribution in [0, 0.1) is 0 Å². The van der Waals surface area contributed by atoms with Crippen molar-refractivity contribution < 1.29 is 39.0 Å². The van der Waals surface area contributed by atoms with Gasteiger partial charge in [-0.1, -0.05) is 0 Å². The normalized spacial score (nSPS) is 13.3. The van der Waals surface area contributed by atoms with E-state index in [-0.39, 0.29) is 6.42 Å². The number of hydrogen-bond donors (Lipinski definition) is 8. The van der Waals surface area contributed by atoms with Crippen molar-refractivity contribution in [2.75, 3.05) is 6.54 Å². The molecular weight excluding hydrogens is 418 g/mol. The van der Waals surface area contributed by atoms with Crippen LogP contribution in [0.1, 0.15) is 18.5 Å². The number of imidazole rings is 1. The molecule has 170 valence electrons. The maximum absolute atomic E-state index is 12.3. The number of primary amides is 1. The molecule has 15 heteroatoms. The quantitative estimate of drug-likeness (QED) is 0.146. The summed E-state index contributed by atoms with van der Waals surface area (Å²) in [5.41, 5.74) is 11.4. The van der Waals surface area contributed by atoms with Crippen LogP contribution < -0.4 is 27.4 Å². The lowest BCUT2D eigenvalue weighted by molar-refractivity contribution is -0.147. The van der Waals surface area contributed by atoms with Crippen LogP contribution in [0.25, 0.3) is 0 Å². The third-order valence-electron chi connectivity index (χ3n) is 3.80. The number of nitrogens with two attached hydrogens (primary N) is 2. The van der Waals surface area contributed by atoms with Crippen LogP contribution in [0.2, 0.25) is 0 Å². The molecule has 0 aromatic carbocycles. The van der Waals surface area contributed by atoms with E-state index in [1.165, 1.54) is 12.5 Å². The molecule has 3 unspecified atom stereocenters. The van der Waals surface area contributed by atoms with Crippen LogP contribution in [0.3, 0.4) is 0 Å². The number of aromatic amines is 1. The Bertz CT molecular complexity index is 826. The first kappa shape index (κ1) is 25.0. The van der Waals surface area contributed by atoms with Crippen molar-refractivity contribution in [3.05, 3.63) is 18.2 Å². The van der Waals surface area contributed by atoms with Gasteiger partial charge in [-0.3, -0.25) is 24.0 Å². The molecule has 10 N–H and O–H groups in total. The fourth-order valence-corrected chi connectivity index (χ4v) is 2.33. The SMILES string of the molecule is NC(=O)CC(NC(=O)C(N)Cc1cnc[nH]1)C(=O)NCC(=O)NC(CC(=O)O)C(=O)O. The molecule has 1 heterocycles. The van der Waals surface area contributed by atoms with Crippen LogP contribution in [-0.4, -0.2) is 80.4 Å². The summed E-state index contributed by atoms with van der Waals surface area (Å²) in [6.45, 7) is -0.742. The lowest BCUT2D eigenvalue weighted by atomic mass is 10.1. The number of carbonyl (C=O) groups excluding carboxylic acids is 4. The van der Waals surface area contributed by atoms with Crippen molar-refractivity contribution in [1.82, 2.24) is 25.9 Å². The van der Waals surface area contributed by atoms with E-state index in [2.05, 4.69) is 20.6 Å². The minimum Gasteiger partial charge on any atom is -0.481 e. The molecule has 1 aromatic rings. The van der Waals surface area contributed by atoms with Gasteiger partial charge in [-0.15, -0.1) is 0 Å². The van der Waals surface area contributed by atoms with Gasteiger partial charge in [0.2, 0.25) is 23.6 Å². The number of rotatable bonds is 13. The van der Waals surface area contributed by atoms with Gasteiger partial charge in [-0.25, -0.2) is 9.78 Å². The van der Waals surface area contributed by atoms with Gasteiger partial charge in [0.05, 0.1) is 31.8 Å². The average Bonchev–Trinajstić information content (AvgIpc) is 3.17. The number of nitrogens with zero attached hydrogens (tertiary/aromatic N) is 1. The summed E-state index contributed by atoms with van der Waals surface area (Å²) < 4.78 is 0. The van der Waals surface area contributed by atoms with Crippen LogP contribution in [0.4, 0.5) is 0 Å². The van der Waals surface area contributed by atoms with Gasteiger partial charge >= 0.3 is 11.9 Å². The summed E-state index contributed by atoms with van der Waals surface area (Å²) in [6, 6.07) is -4.23. The first-order valence-electron chi connectivity index (χ1n) is 8.82. The topological polar surface area (TPSA) is 260 Å². The molecule has 15 nitrogen and oxygen atoms in total. The molecule has 1 rings (SSSR count). The molecule has 0 fully saturated rings. The zero-order valence-corrected chi connectivity index (χ0v) is 16.2. The van der Waals surface area contributed by atoms with E-state index in [0.29, 0.717) is 5.69 Å². The smallest absolute Gasteiger partial charge is 0.326 e. The van der Waals surface area contributed by atoms with Crippen LogP contribution in [0.15, 0.2) is 12.5 Å². The number of hydrogen-bond acceptors (Lipinski definition) is 8. The fraction of sp³-hybridized carbons (Fsp3) is 0.438. The minimum absolute atomic E-state index is 0.0688. The van der Waals surface area contributed by atoms with Crippen molar-refractivity contribution >= 4 is 35.6 Å². The molecule has 0 aliphatic rings. The van der Waals surface area contributed by atoms with Gasteiger partial charge in [0, 0.05) is 18.3 Å². The van der Waals surface area contributed by atoms with E-state index < -0.39 is 73.1 Å². The fourth-order valence-electron chi connectivity index (χ4n) is 2.33. The predicted molar refractivity (Wildman–Crippen MR) is 101 cm³/mol. The van der Waals surface area contributed by atoms with Crippen LogP contribution >= 0.6 is 0 Å². The minimum atomic E-state index is -1.71. The Hall–Kier alpha value is -4.01. The van der Waals surface area contributed by atoms with Crippen molar-refractivity contribution in [2.24, 2.45) is 11.5 Å². The van der Waals surface area contributed by atoms with E-state index in [9.17, 15) is 28.8 Å². The van der Waals surface area contributed by atoms with Gasteiger partial charge < -0.3 is 42.6 Å². The Morgan fingerprint density at radius 1 is 1.03 bits per heavy atom. The third-order valence-corrected chi connectivity index (χ3v) is 3.80. The van der Waals surface area contributed by atoms with E-state index in [0.717, 1.165) is 0 Å². The second-order valence-electron chi connectivity index (χ2n) is 6.39. The molecular formula is C16H23N7O8. The number of carboxylic acid groups (broad SMARTS) is 2. The number of aliphatic carboxylic acids is 2. The summed E-state index contributed by atoms with van der Waals surface area (Å²) in [7, 11) is 0. The number of carbonyl (C=O) groups is 6. The molecule has 31 heavy (non-hydrogen) atoms. The zero-order chi connectivity index (χ0) is 23.6. The molecule has 4 amide bonds. The highest BCUT2D eigenvalue weighted by atomic mass is 16.4.